The van der Waals surface area contributed by atoms with Crippen molar-refractivity contribution in [3.63, 3.8) is 0 Å². The van der Waals surface area contributed by atoms with Crippen molar-refractivity contribution in [3.05, 3.63) is 33.8 Å². The van der Waals surface area contributed by atoms with Crippen molar-refractivity contribution < 1.29 is 13.6 Å². The van der Waals surface area contributed by atoms with Crippen LogP contribution in [-0.2, 0) is 0 Å². The summed E-state index contributed by atoms with van der Waals surface area (Å²) in [5.74, 6) is -2.21. The van der Waals surface area contributed by atoms with Gasteiger partial charge < -0.3 is 5.73 Å². The quantitative estimate of drug-likeness (QED) is 0.669. The normalized spacial score (nSPS) is 9.43. The Hall–Kier alpha value is -0.520. The molecule has 0 saturated carbocycles. The molecule has 0 radical (unpaired) electrons. The van der Waals surface area contributed by atoms with Crippen LogP contribution in [0.3, 0.4) is 0 Å². The van der Waals surface area contributed by atoms with Gasteiger partial charge in [0.1, 0.15) is 5.82 Å². The molecule has 14 heavy (non-hydrogen) atoms. The maximum atomic E-state index is 13.1. The number of benzene rings is 1. The molecule has 0 heterocycles. The molecule has 0 atom stereocenters. The summed E-state index contributed by atoms with van der Waals surface area (Å²) in [6.07, 6.45) is 0. The lowest BCUT2D eigenvalue weighted by Gasteiger charge is -2.02. The smallest absolute Gasteiger partial charge is 0.179 e. The minimum Gasteiger partial charge on any atom is -0.324 e. The van der Waals surface area contributed by atoms with Gasteiger partial charge in [-0.3, -0.25) is 4.79 Å². The van der Waals surface area contributed by atoms with Crippen molar-refractivity contribution in [1.82, 2.24) is 0 Å². The monoisotopic (exact) mass is 285 g/mol. The third kappa shape index (κ3) is 2.50. The van der Waals surface area contributed by atoms with E-state index in [1.807, 2.05) is 0 Å². The van der Waals surface area contributed by atoms with Crippen molar-refractivity contribution in [3.8, 4) is 0 Å². The van der Waals surface area contributed by atoms with Gasteiger partial charge in [0.2, 0.25) is 0 Å². The largest absolute Gasteiger partial charge is 0.324 e. The SMILES string of the molecule is Cl.NCC(=O)c1ccc(F)c(Br)c1F. The Morgan fingerprint density at radius 3 is 2.50 bits per heavy atom. The van der Waals surface area contributed by atoms with Gasteiger partial charge in [0.15, 0.2) is 11.6 Å². The van der Waals surface area contributed by atoms with E-state index in [1.54, 1.807) is 0 Å². The van der Waals surface area contributed by atoms with Crippen molar-refractivity contribution in [2.75, 3.05) is 6.54 Å². The topological polar surface area (TPSA) is 43.1 Å². The maximum Gasteiger partial charge on any atom is 0.179 e. The van der Waals surface area contributed by atoms with Crippen LogP contribution in [0, 0.1) is 11.6 Å². The van der Waals surface area contributed by atoms with Crippen molar-refractivity contribution in [2.24, 2.45) is 5.73 Å². The van der Waals surface area contributed by atoms with Crippen LogP contribution in [0.5, 0.6) is 0 Å². The molecule has 1 aromatic rings. The van der Waals surface area contributed by atoms with E-state index < -0.39 is 17.4 Å². The molecular weight excluding hydrogens is 279 g/mol. The highest BCUT2D eigenvalue weighted by atomic mass is 79.9. The highest BCUT2D eigenvalue weighted by Crippen LogP contribution is 2.22. The zero-order chi connectivity index (χ0) is 10.0. The minimum atomic E-state index is -0.907. The van der Waals surface area contributed by atoms with Gasteiger partial charge in [0.25, 0.3) is 0 Å². The molecule has 2 nitrogen and oxygen atoms in total. The van der Waals surface area contributed by atoms with E-state index in [-0.39, 0.29) is 29.0 Å². The lowest BCUT2D eigenvalue weighted by atomic mass is 10.1. The zero-order valence-corrected chi connectivity index (χ0v) is 9.29. The van der Waals surface area contributed by atoms with Gasteiger partial charge in [-0.25, -0.2) is 8.78 Å². The van der Waals surface area contributed by atoms with Crippen molar-refractivity contribution >= 4 is 34.1 Å². The molecule has 0 aliphatic carbocycles. The second-order valence-corrected chi connectivity index (χ2v) is 3.14. The molecule has 1 rings (SSSR count). The number of carbonyl (C=O) groups excluding carboxylic acids is 1. The lowest BCUT2D eigenvalue weighted by molar-refractivity contribution is 0.0997. The number of ketones is 1. The van der Waals surface area contributed by atoms with Crippen molar-refractivity contribution in [1.29, 1.82) is 0 Å². The van der Waals surface area contributed by atoms with E-state index in [9.17, 15) is 13.6 Å². The average Bonchev–Trinajstić information content (AvgIpc) is 2.13. The second-order valence-electron chi connectivity index (χ2n) is 2.35. The van der Waals surface area contributed by atoms with E-state index >= 15 is 0 Å². The Morgan fingerprint density at radius 2 is 2.00 bits per heavy atom. The summed E-state index contributed by atoms with van der Waals surface area (Å²) in [5.41, 5.74) is 4.84. The zero-order valence-electron chi connectivity index (χ0n) is 6.89. The summed E-state index contributed by atoms with van der Waals surface area (Å²) in [4.78, 5) is 11.0. The molecule has 0 aromatic heterocycles. The van der Waals surface area contributed by atoms with Crippen LogP contribution < -0.4 is 5.73 Å². The third-order valence-electron chi connectivity index (χ3n) is 1.52. The Morgan fingerprint density at radius 1 is 1.43 bits per heavy atom. The summed E-state index contributed by atoms with van der Waals surface area (Å²) in [6.45, 7) is -0.297. The van der Waals surface area contributed by atoms with Crippen LogP contribution in [0.2, 0.25) is 0 Å². The number of rotatable bonds is 2. The number of hydrogen-bond donors (Lipinski definition) is 1. The van der Waals surface area contributed by atoms with E-state index in [0.717, 1.165) is 12.1 Å². The molecule has 0 fully saturated rings. The van der Waals surface area contributed by atoms with Crippen LogP contribution in [0.4, 0.5) is 8.78 Å². The van der Waals surface area contributed by atoms with Gasteiger partial charge in [0, 0.05) is 0 Å². The fourth-order valence-corrected chi connectivity index (χ4v) is 1.20. The Labute approximate surface area is 94.0 Å². The first kappa shape index (κ1) is 13.5. The fraction of sp³-hybridized carbons (Fsp3) is 0.125. The van der Waals surface area contributed by atoms with Crippen LogP contribution >= 0.6 is 28.3 Å². The summed E-state index contributed by atoms with van der Waals surface area (Å²) in [5, 5.41) is 0. The summed E-state index contributed by atoms with van der Waals surface area (Å²) >= 11 is 2.68. The average molecular weight is 287 g/mol. The predicted molar refractivity (Wildman–Crippen MR) is 54.7 cm³/mol. The summed E-state index contributed by atoms with van der Waals surface area (Å²) in [6, 6.07) is 2.08. The third-order valence-corrected chi connectivity index (χ3v) is 2.25. The molecule has 0 bridgehead atoms. The van der Waals surface area contributed by atoms with Crippen LogP contribution in [0.25, 0.3) is 0 Å². The Balaban J connectivity index is 0.00000169. The molecule has 0 spiro atoms. The molecule has 0 amide bonds. The summed E-state index contributed by atoms with van der Waals surface area (Å²) < 4.78 is 25.5. The van der Waals surface area contributed by atoms with E-state index in [4.69, 9.17) is 5.73 Å². The van der Waals surface area contributed by atoms with Gasteiger partial charge in [-0.2, -0.15) is 0 Å². The minimum absolute atomic E-state index is 0. The number of nitrogens with two attached hydrogens (primary N) is 1. The number of hydrogen-bond acceptors (Lipinski definition) is 2. The van der Waals surface area contributed by atoms with Crippen molar-refractivity contribution in [2.45, 2.75) is 0 Å². The van der Waals surface area contributed by atoms with Gasteiger partial charge in [-0.1, -0.05) is 0 Å². The number of Topliss-reactive ketones (excluding diaryl/α,β-unsaturated/α-hetero) is 1. The van der Waals surface area contributed by atoms with E-state index in [2.05, 4.69) is 15.9 Å². The van der Waals surface area contributed by atoms with E-state index in [0.29, 0.717) is 0 Å². The number of carbonyl (C=O) groups is 1. The fourth-order valence-electron chi connectivity index (χ4n) is 0.851. The second kappa shape index (κ2) is 5.38. The molecule has 0 unspecified atom stereocenters. The molecule has 6 heteroatoms. The van der Waals surface area contributed by atoms with Crippen LogP contribution in [0.1, 0.15) is 10.4 Å². The molecular formula is C8H7BrClF2NO. The van der Waals surface area contributed by atoms with Gasteiger partial charge in [-0.05, 0) is 28.1 Å². The number of halogens is 4. The first-order valence-electron chi connectivity index (χ1n) is 3.44. The highest BCUT2D eigenvalue weighted by molar-refractivity contribution is 9.10. The van der Waals surface area contributed by atoms with Gasteiger partial charge >= 0.3 is 0 Å². The summed E-state index contributed by atoms with van der Waals surface area (Å²) in [7, 11) is 0. The first-order valence-corrected chi connectivity index (χ1v) is 4.24. The molecule has 0 aliphatic heterocycles. The standard InChI is InChI=1S/C8H6BrF2NO.ClH/c9-7-5(10)2-1-4(8(7)11)6(13)3-12;/h1-2H,3,12H2;1H. The van der Waals surface area contributed by atoms with Crippen LogP contribution in [-0.4, -0.2) is 12.3 Å². The predicted octanol–water partition coefficient (Wildman–Crippen LogP) is 2.29. The molecule has 1 aromatic carbocycles. The van der Waals surface area contributed by atoms with Gasteiger partial charge in [-0.15, -0.1) is 12.4 Å². The molecule has 0 saturated heterocycles. The molecule has 0 aliphatic rings. The molecule has 78 valence electrons. The van der Waals surface area contributed by atoms with Gasteiger partial charge in [0.05, 0.1) is 16.6 Å². The lowest BCUT2D eigenvalue weighted by Crippen LogP contribution is -2.15. The van der Waals surface area contributed by atoms with E-state index in [1.165, 1.54) is 0 Å². The Bertz CT molecular complexity index is 359. The first-order chi connectivity index (χ1) is 6.07. The molecule has 2 N–H and O–H groups in total. The maximum absolute atomic E-state index is 13.1. The van der Waals surface area contributed by atoms with Crippen LogP contribution in [0.15, 0.2) is 16.6 Å². The Kier molecular flexibility index (Phi) is 5.18. The highest BCUT2D eigenvalue weighted by Gasteiger charge is 2.15.